The van der Waals surface area contributed by atoms with E-state index in [1.165, 1.54) is 11.4 Å². The Kier molecular flexibility index (Phi) is 8.24. The summed E-state index contributed by atoms with van der Waals surface area (Å²) in [6.45, 7) is 1.35. The summed E-state index contributed by atoms with van der Waals surface area (Å²) < 4.78 is 39.5. The fourth-order valence-electron chi connectivity index (χ4n) is 4.07. The Bertz CT molecular complexity index is 1280. The van der Waals surface area contributed by atoms with Gasteiger partial charge in [-0.1, -0.05) is 41.1 Å². The fraction of sp³-hybridized carbons (Fsp3) is 0.375. The molecule has 0 spiro atoms. The maximum absolute atomic E-state index is 13.2. The van der Waals surface area contributed by atoms with Crippen molar-refractivity contribution in [2.75, 3.05) is 33.1 Å². The van der Waals surface area contributed by atoms with Crippen molar-refractivity contribution in [2.24, 2.45) is 0 Å². The van der Waals surface area contributed by atoms with Crippen molar-refractivity contribution in [3.05, 3.63) is 76.6 Å². The van der Waals surface area contributed by atoms with E-state index in [4.69, 9.17) is 21.1 Å². The maximum atomic E-state index is 13.2. The van der Waals surface area contributed by atoms with Crippen LogP contribution in [0.15, 0.2) is 54.7 Å². The number of hydrogen-bond donors (Lipinski definition) is 0. The molecule has 1 aliphatic heterocycles. The highest BCUT2D eigenvalue weighted by Gasteiger charge is 2.40. The lowest BCUT2D eigenvalue weighted by atomic mass is 10.2. The summed E-state index contributed by atoms with van der Waals surface area (Å²) in [7, 11) is -0.911. The zero-order valence-corrected chi connectivity index (χ0v) is 21.7. The van der Waals surface area contributed by atoms with Gasteiger partial charge in [-0.2, -0.15) is 4.31 Å². The van der Waals surface area contributed by atoms with E-state index in [2.05, 4.69) is 10.3 Å². The van der Waals surface area contributed by atoms with Crippen LogP contribution in [0.4, 0.5) is 0 Å². The van der Waals surface area contributed by atoms with Crippen LogP contribution in [0.2, 0.25) is 5.02 Å². The lowest BCUT2D eigenvalue weighted by molar-refractivity contribution is -0.145. The van der Waals surface area contributed by atoms with E-state index in [1.807, 2.05) is 35.4 Å². The molecule has 1 unspecified atom stereocenters. The number of halogens is 1. The maximum Gasteiger partial charge on any atom is 0.325 e. The quantitative estimate of drug-likeness (QED) is 0.406. The number of carbonyl (C=O) groups excluding carboxylic acids is 1. The van der Waals surface area contributed by atoms with Crippen LogP contribution in [-0.4, -0.2) is 77.7 Å². The highest BCUT2D eigenvalue weighted by Crippen LogP contribution is 2.22. The van der Waals surface area contributed by atoms with Gasteiger partial charge in [0, 0.05) is 31.2 Å². The molecule has 0 amide bonds. The molecule has 0 saturated carbocycles. The number of methoxy groups -OCH3 is 2. The summed E-state index contributed by atoms with van der Waals surface area (Å²) in [5.41, 5.74) is 2.44. The number of esters is 1. The first kappa shape index (κ1) is 26.1. The molecule has 2 aromatic carbocycles. The number of rotatable bonds is 8. The number of hydrogen-bond acceptors (Lipinski definition) is 8. The van der Waals surface area contributed by atoms with Gasteiger partial charge in [0.2, 0.25) is 10.0 Å². The van der Waals surface area contributed by atoms with E-state index in [-0.39, 0.29) is 25.4 Å². The molecule has 0 N–H and O–H groups in total. The van der Waals surface area contributed by atoms with Gasteiger partial charge in [0.15, 0.2) is 0 Å². The summed E-state index contributed by atoms with van der Waals surface area (Å²) in [5, 5.41) is 9.08. The topological polar surface area (TPSA) is 107 Å². The summed E-state index contributed by atoms with van der Waals surface area (Å²) >= 11 is 5.95. The normalized spacial score (nSPS) is 18.5. The van der Waals surface area contributed by atoms with Crippen LogP contribution in [0.1, 0.15) is 16.8 Å². The number of aromatic nitrogens is 3. The van der Waals surface area contributed by atoms with E-state index in [0.29, 0.717) is 29.6 Å². The molecule has 0 radical (unpaired) electrons. The Morgan fingerprint density at radius 1 is 1.03 bits per heavy atom. The molecular formula is C24H28ClN5O5S. The molecule has 1 atom stereocenters. The Morgan fingerprint density at radius 3 is 2.36 bits per heavy atom. The largest absolute Gasteiger partial charge is 0.497 e. The van der Waals surface area contributed by atoms with Gasteiger partial charge < -0.3 is 9.47 Å². The van der Waals surface area contributed by atoms with E-state index in [1.54, 1.807) is 36.1 Å². The van der Waals surface area contributed by atoms with Gasteiger partial charge in [-0.3, -0.25) is 9.69 Å². The van der Waals surface area contributed by atoms with Crippen molar-refractivity contribution in [1.29, 1.82) is 0 Å². The highest BCUT2D eigenvalue weighted by molar-refractivity contribution is 7.89. The standard InChI is InChI=1S/C24H28ClN5O5S/c1-34-22-9-5-19(6-10-22)14-30-23(24(31)35-2)17-28(11-12-36(30,32)33)15-21-16-29(27-26-21)13-18-3-7-20(25)8-4-18/h3-10,16,23H,11-15,17H2,1-2H3. The van der Waals surface area contributed by atoms with Gasteiger partial charge in [0.05, 0.1) is 38.4 Å². The second-order valence-corrected chi connectivity index (χ2v) is 11.0. The van der Waals surface area contributed by atoms with Crippen molar-refractivity contribution >= 4 is 27.6 Å². The molecule has 3 aromatic rings. The third kappa shape index (κ3) is 6.41. The van der Waals surface area contributed by atoms with Crippen molar-refractivity contribution < 1.29 is 22.7 Å². The third-order valence-corrected chi connectivity index (χ3v) is 8.05. The molecule has 0 aliphatic carbocycles. The van der Waals surface area contributed by atoms with Crippen molar-refractivity contribution in [2.45, 2.75) is 25.7 Å². The predicted molar refractivity (Wildman–Crippen MR) is 134 cm³/mol. The summed E-state index contributed by atoms with van der Waals surface area (Å²) in [5.74, 6) is -0.0714. The molecule has 4 rings (SSSR count). The van der Waals surface area contributed by atoms with Crippen LogP contribution < -0.4 is 4.74 Å². The summed E-state index contributed by atoms with van der Waals surface area (Å²) in [6, 6.07) is 13.6. The highest BCUT2D eigenvalue weighted by atomic mass is 35.5. The average molecular weight is 534 g/mol. The number of carbonyl (C=O) groups is 1. The molecule has 192 valence electrons. The van der Waals surface area contributed by atoms with Gasteiger partial charge in [0.1, 0.15) is 11.8 Å². The molecule has 12 heteroatoms. The first-order chi connectivity index (χ1) is 17.3. The minimum absolute atomic E-state index is 0.0528. The minimum Gasteiger partial charge on any atom is -0.497 e. The molecule has 1 fully saturated rings. The first-order valence-corrected chi connectivity index (χ1v) is 13.3. The molecule has 1 saturated heterocycles. The number of benzene rings is 2. The molecule has 1 aromatic heterocycles. The molecule has 2 heterocycles. The molecule has 10 nitrogen and oxygen atoms in total. The van der Waals surface area contributed by atoms with E-state index in [0.717, 1.165) is 11.1 Å². The van der Waals surface area contributed by atoms with Crippen LogP contribution in [-0.2, 0) is 39.2 Å². The SMILES string of the molecule is COC(=O)C1CN(Cc2cn(Cc3ccc(Cl)cc3)nn2)CCS(=O)(=O)N1Cc1ccc(OC)cc1. The van der Waals surface area contributed by atoms with E-state index in [9.17, 15) is 13.2 Å². The second-order valence-electron chi connectivity index (χ2n) is 8.52. The van der Waals surface area contributed by atoms with Crippen LogP contribution in [0.25, 0.3) is 0 Å². The first-order valence-electron chi connectivity index (χ1n) is 11.3. The number of nitrogens with zero attached hydrogens (tertiary/aromatic N) is 5. The zero-order chi connectivity index (χ0) is 25.7. The smallest absolute Gasteiger partial charge is 0.325 e. The fourth-order valence-corrected chi connectivity index (χ4v) is 5.80. The van der Waals surface area contributed by atoms with Gasteiger partial charge in [-0.15, -0.1) is 5.10 Å². The lowest BCUT2D eigenvalue weighted by Crippen LogP contribution is -2.48. The van der Waals surface area contributed by atoms with Crippen molar-refractivity contribution in [1.82, 2.24) is 24.2 Å². The Morgan fingerprint density at radius 2 is 1.69 bits per heavy atom. The zero-order valence-electron chi connectivity index (χ0n) is 20.1. The Balaban J connectivity index is 1.50. The van der Waals surface area contributed by atoms with E-state index < -0.39 is 22.0 Å². The van der Waals surface area contributed by atoms with E-state index >= 15 is 0 Å². The van der Waals surface area contributed by atoms with Crippen LogP contribution in [0.3, 0.4) is 0 Å². The molecular weight excluding hydrogens is 506 g/mol. The molecule has 0 bridgehead atoms. The number of ether oxygens (including phenoxy) is 2. The summed E-state index contributed by atoms with van der Waals surface area (Å²) in [4.78, 5) is 14.6. The van der Waals surface area contributed by atoms with Crippen LogP contribution in [0, 0.1) is 0 Å². The van der Waals surface area contributed by atoms with Crippen LogP contribution in [0.5, 0.6) is 5.75 Å². The molecule has 36 heavy (non-hydrogen) atoms. The monoisotopic (exact) mass is 533 g/mol. The second kappa shape index (κ2) is 11.4. The van der Waals surface area contributed by atoms with Gasteiger partial charge in [-0.25, -0.2) is 13.1 Å². The third-order valence-electron chi connectivity index (χ3n) is 6.00. The van der Waals surface area contributed by atoms with Crippen molar-refractivity contribution in [3.8, 4) is 5.75 Å². The number of sulfonamides is 1. The Labute approximate surface area is 215 Å². The summed E-state index contributed by atoms with van der Waals surface area (Å²) in [6.07, 6.45) is 1.82. The van der Waals surface area contributed by atoms with Gasteiger partial charge in [0.25, 0.3) is 0 Å². The lowest BCUT2D eigenvalue weighted by Gasteiger charge is -2.28. The van der Waals surface area contributed by atoms with Gasteiger partial charge >= 0.3 is 5.97 Å². The van der Waals surface area contributed by atoms with Crippen molar-refractivity contribution in [3.63, 3.8) is 0 Å². The average Bonchev–Trinajstić information content (AvgIpc) is 3.27. The minimum atomic E-state index is -3.73. The van der Waals surface area contributed by atoms with Crippen LogP contribution >= 0.6 is 11.6 Å². The molecule has 1 aliphatic rings. The van der Waals surface area contributed by atoms with Gasteiger partial charge in [-0.05, 0) is 35.4 Å². The Hall–Kier alpha value is -2.99. The predicted octanol–water partition coefficient (Wildman–Crippen LogP) is 2.18.